The number of aliphatic imine (C=N–C) groups is 1. The molecule has 3 nitrogen and oxygen atoms in total. The highest BCUT2D eigenvalue weighted by Crippen LogP contribution is 2.01. The summed E-state index contributed by atoms with van der Waals surface area (Å²) in [5.74, 6) is 0.797. The highest BCUT2D eigenvalue weighted by Gasteiger charge is 1.97. The maximum Gasteiger partial charge on any atom is 0.141 e. The van der Waals surface area contributed by atoms with Crippen molar-refractivity contribution >= 4 is 6.72 Å². The lowest BCUT2D eigenvalue weighted by atomic mass is 10.5. The number of hydrazine groups is 1. The third kappa shape index (κ3) is 3.00. The van der Waals surface area contributed by atoms with Gasteiger partial charge in [-0.2, -0.15) is 0 Å². The molecule has 0 heterocycles. The van der Waals surface area contributed by atoms with Crippen molar-refractivity contribution in [2.75, 3.05) is 7.05 Å². The van der Waals surface area contributed by atoms with E-state index in [2.05, 4.69) is 17.1 Å². The smallest absolute Gasteiger partial charge is 0.141 e. The van der Waals surface area contributed by atoms with Crippen LogP contribution in [0.5, 0.6) is 0 Å². The van der Waals surface area contributed by atoms with Crippen LogP contribution in [-0.2, 0) is 0 Å². The van der Waals surface area contributed by atoms with E-state index in [4.69, 9.17) is 0 Å². The Balaban J connectivity index is 4.34. The molecule has 3 heteroatoms. The summed E-state index contributed by atoms with van der Waals surface area (Å²) in [4.78, 5) is 3.82. The van der Waals surface area contributed by atoms with Crippen LogP contribution in [0.3, 0.4) is 0 Å². The van der Waals surface area contributed by atoms with E-state index in [1.54, 1.807) is 5.01 Å². The van der Waals surface area contributed by atoms with Crippen molar-refractivity contribution in [3.63, 3.8) is 0 Å². The average molecular weight is 153 g/mol. The molecule has 0 aromatic heterocycles. The molecule has 62 valence electrons. The summed E-state index contributed by atoms with van der Waals surface area (Å²) >= 11 is 0. The standard InChI is InChI=1S/C8H15N3/c1-5-7-11(10-4)8(6-2)9-3/h5-7,10H,3H2,1-2,4H3/b7-5-,8-6-. The monoisotopic (exact) mass is 153 g/mol. The van der Waals surface area contributed by atoms with Gasteiger partial charge in [-0.05, 0) is 26.6 Å². The molecule has 0 atom stereocenters. The Labute approximate surface area is 68.1 Å². The molecule has 0 aromatic rings. The minimum absolute atomic E-state index is 0.797. The van der Waals surface area contributed by atoms with Crippen molar-refractivity contribution in [1.29, 1.82) is 0 Å². The SMILES string of the molecule is C=N/C(=C/C)N(/C=C\C)NC. The average Bonchev–Trinajstić information content (AvgIpc) is 2.05. The number of hydrogen-bond donors (Lipinski definition) is 1. The Hall–Kier alpha value is -1.09. The molecule has 0 fully saturated rings. The van der Waals surface area contributed by atoms with Gasteiger partial charge in [-0.25, -0.2) is 10.4 Å². The van der Waals surface area contributed by atoms with Gasteiger partial charge in [0, 0.05) is 13.2 Å². The molecule has 0 amide bonds. The first-order valence-corrected chi connectivity index (χ1v) is 3.52. The van der Waals surface area contributed by atoms with E-state index < -0.39 is 0 Å². The molecule has 0 aromatic carbocycles. The minimum atomic E-state index is 0.797. The zero-order chi connectivity index (χ0) is 8.69. The molecule has 0 spiro atoms. The Morgan fingerprint density at radius 2 is 2.18 bits per heavy atom. The summed E-state index contributed by atoms with van der Waals surface area (Å²) in [6, 6.07) is 0. The lowest BCUT2D eigenvalue weighted by molar-refractivity contribution is 0.370. The molecule has 0 saturated carbocycles. The van der Waals surface area contributed by atoms with Crippen molar-refractivity contribution in [3.8, 4) is 0 Å². The number of nitrogens with one attached hydrogen (secondary N) is 1. The van der Waals surface area contributed by atoms with E-state index in [0.717, 1.165) is 5.82 Å². The van der Waals surface area contributed by atoms with Gasteiger partial charge in [-0.1, -0.05) is 6.08 Å². The third-order valence-electron chi connectivity index (χ3n) is 1.21. The van der Waals surface area contributed by atoms with Crippen LogP contribution in [0.25, 0.3) is 0 Å². The molecule has 1 N–H and O–H groups in total. The molecule has 0 unspecified atom stereocenters. The molecule has 0 rings (SSSR count). The van der Waals surface area contributed by atoms with Gasteiger partial charge in [0.2, 0.25) is 0 Å². The fourth-order valence-electron chi connectivity index (χ4n) is 0.721. The molecule has 0 aliphatic rings. The van der Waals surface area contributed by atoms with E-state index >= 15 is 0 Å². The second-order valence-corrected chi connectivity index (χ2v) is 1.88. The molecule has 0 bridgehead atoms. The quantitative estimate of drug-likeness (QED) is 0.490. The predicted molar refractivity (Wildman–Crippen MR) is 49.0 cm³/mol. The summed E-state index contributed by atoms with van der Waals surface area (Å²) in [6.07, 6.45) is 5.68. The molecule has 0 aliphatic heterocycles. The Morgan fingerprint density at radius 1 is 1.55 bits per heavy atom. The first-order valence-electron chi connectivity index (χ1n) is 3.52. The maximum absolute atomic E-state index is 3.82. The molecule has 0 aliphatic carbocycles. The normalized spacial score (nSPS) is 12.1. The number of rotatable bonds is 4. The minimum Gasteiger partial charge on any atom is -0.268 e. The second kappa shape index (κ2) is 5.68. The van der Waals surface area contributed by atoms with Crippen molar-refractivity contribution < 1.29 is 0 Å². The summed E-state index contributed by atoms with van der Waals surface area (Å²) in [7, 11) is 1.83. The topological polar surface area (TPSA) is 27.6 Å². The fourth-order valence-corrected chi connectivity index (χ4v) is 0.721. The Morgan fingerprint density at radius 3 is 2.45 bits per heavy atom. The van der Waals surface area contributed by atoms with Gasteiger partial charge >= 0.3 is 0 Å². The van der Waals surface area contributed by atoms with Crippen LogP contribution in [-0.4, -0.2) is 18.8 Å². The Bertz CT molecular complexity index is 170. The van der Waals surface area contributed by atoms with Crippen LogP contribution in [0.1, 0.15) is 13.8 Å². The van der Waals surface area contributed by atoms with Crippen LogP contribution in [0, 0.1) is 0 Å². The number of nitrogens with zero attached hydrogens (tertiary/aromatic N) is 2. The van der Waals surface area contributed by atoms with E-state index in [9.17, 15) is 0 Å². The van der Waals surface area contributed by atoms with E-state index in [1.807, 2.05) is 39.2 Å². The summed E-state index contributed by atoms with van der Waals surface area (Å²) in [5.41, 5.74) is 2.95. The van der Waals surface area contributed by atoms with Gasteiger partial charge in [0.25, 0.3) is 0 Å². The van der Waals surface area contributed by atoms with Crippen molar-refractivity contribution in [2.24, 2.45) is 4.99 Å². The molecule has 0 saturated heterocycles. The second-order valence-electron chi connectivity index (χ2n) is 1.88. The third-order valence-corrected chi connectivity index (χ3v) is 1.21. The van der Waals surface area contributed by atoms with Gasteiger partial charge in [0.15, 0.2) is 0 Å². The maximum atomic E-state index is 3.82. The van der Waals surface area contributed by atoms with Gasteiger partial charge in [0.05, 0.1) is 0 Å². The Kier molecular flexibility index (Phi) is 5.11. The first kappa shape index (κ1) is 9.91. The van der Waals surface area contributed by atoms with Crippen LogP contribution in [0.2, 0.25) is 0 Å². The largest absolute Gasteiger partial charge is 0.268 e. The molecular weight excluding hydrogens is 138 g/mol. The van der Waals surface area contributed by atoms with Crippen molar-refractivity contribution in [2.45, 2.75) is 13.8 Å². The van der Waals surface area contributed by atoms with Crippen LogP contribution in [0.4, 0.5) is 0 Å². The van der Waals surface area contributed by atoms with E-state index in [-0.39, 0.29) is 0 Å². The van der Waals surface area contributed by atoms with Crippen LogP contribution < -0.4 is 5.43 Å². The zero-order valence-corrected chi connectivity index (χ0v) is 7.33. The van der Waals surface area contributed by atoms with Gasteiger partial charge in [-0.3, -0.25) is 5.01 Å². The first-order chi connectivity index (χ1) is 5.29. The lowest BCUT2D eigenvalue weighted by Crippen LogP contribution is -2.28. The van der Waals surface area contributed by atoms with E-state index in [0.29, 0.717) is 0 Å². The van der Waals surface area contributed by atoms with Gasteiger partial charge < -0.3 is 0 Å². The van der Waals surface area contributed by atoms with Crippen LogP contribution in [0.15, 0.2) is 29.2 Å². The summed E-state index contributed by atoms with van der Waals surface area (Å²) in [6.45, 7) is 7.31. The van der Waals surface area contributed by atoms with Crippen molar-refractivity contribution in [1.82, 2.24) is 10.4 Å². The molecule has 11 heavy (non-hydrogen) atoms. The highest BCUT2D eigenvalue weighted by molar-refractivity contribution is 5.28. The van der Waals surface area contributed by atoms with Crippen molar-refractivity contribution in [3.05, 3.63) is 24.2 Å². The predicted octanol–water partition coefficient (Wildman–Crippen LogP) is 1.52. The fraction of sp³-hybridized carbons (Fsp3) is 0.375. The van der Waals surface area contributed by atoms with Crippen LogP contribution >= 0.6 is 0 Å². The molecule has 0 radical (unpaired) electrons. The number of allylic oxidation sites excluding steroid dienone is 2. The van der Waals surface area contributed by atoms with Gasteiger partial charge in [0.1, 0.15) is 5.82 Å². The zero-order valence-electron chi connectivity index (χ0n) is 7.33. The summed E-state index contributed by atoms with van der Waals surface area (Å²) in [5, 5.41) is 1.78. The van der Waals surface area contributed by atoms with Gasteiger partial charge in [-0.15, -0.1) is 0 Å². The van der Waals surface area contributed by atoms with E-state index in [1.165, 1.54) is 0 Å². The summed E-state index contributed by atoms with van der Waals surface area (Å²) < 4.78 is 0. The molecular formula is C8H15N3. The highest BCUT2D eigenvalue weighted by atomic mass is 15.5. The number of hydrogen-bond acceptors (Lipinski definition) is 3. The lowest BCUT2D eigenvalue weighted by Gasteiger charge is -2.17.